The highest BCUT2D eigenvalue weighted by Crippen LogP contribution is 2.21. The monoisotopic (exact) mass is 362 g/mol. The van der Waals surface area contributed by atoms with Crippen molar-refractivity contribution >= 4 is 21.7 Å². The van der Waals surface area contributed by atoms with Gasteiger partial charge in [-0.1, -0.05) is 28.1 Å². The molecule has 0 unspecified atom stereocenters. The predicted octanol–water partition coefficient (Wildman–Crippen LogP) is 3.71. The van der Waals surface area contributed by atoms with Crippen LogP contribution in [0.4, 0.5) is 0 Å². The van der Waals surface area contributed by atoms with Crippen LogP contribution in [-0.2, 0) is 0 Å². The topological polar surface area (TPSA) is 23.6 Å². The SMILES string of the molecule is O=C(C=CN1CCC[C@H]1CN1CCCC1)c1ccccc1Br. The Morgan fingerprint density at radius 3 is 2.73 bits per heavy atom. The van der Waals surface area contributed by atoms with Gasteiger partial charge < -0.3 is 9.80 Å². The highest BCUT2D eigenvalue weighted by molar-refractivity contribution is 9.10. The molecule has 1 aromatic rings. The third-order valence-electron chi connectivity index (χ3n) is 4.65. The number of likely N-dealkylation sites (tertiary alicyclic amines) is 2. The summed E-state index contributed by atoms with van der Waals surface area (Å²) in [6.07, 6.45) is 8.88. The summed E-state index contributed by atoms with van der Waals surface area (Å²) in [6, 6.07) is 8.17. The van der Waals surface area contributed by atoms with Crippen LogP contribution >= 0.6 is 15.9 Å². The summed E-state index contributed by atoms with van der Waals surface area (Å²) < 4.78 is 0.861. The van der Waals surface area contributed by atoms with Crippen molar-refractivity contribution in [2.45, 2.75) is 31.7 Å². The quantitative estimate of drug-likeness (QED) is 0.589. The van der Waals surface area contributed by atoms with E-state index in [1.165, 1.54) is 38.8 Å². The molecule has 2 heterocycles. The van der Waals surface area contributed by atoms with Gasteiger partial charge in [0.05, 0.1) is 0 Å². The van der Waals surface area contributed by atoms with Crippen LogP contribution in [-0.4, -0.2) is 47.8 Å². The van der Waals surface area contributed by atoms with Gasteiger partial charge in [-0.25, -0.2) is 0 Å². The maximum atomic E-state index is 12.3. The lowest BCUT2D eigenvalue weighted by Gasteiger charge is -2.27. The van der Waals surface area contributed by atoms with Gasteiger partial charge in [0.15, 0.2) is 5.78 Å². The van der Waals surface area contributed by atoms with E-state index in [1.807, 2.05) is 30.5 Å². The number of hydrogen-bond donors (Lipinski definition) is 0. The van der Waals surface area contributed by atoms with Crippen LogP contribution in [0.2, 0.25) is 0 Å². The van der Waals surface area contributed by atoms with Crippen molar-refractivity contribution in [1.29, 1.82) is 0 Å². The van der Waals surface area contributed by atoms with E-state index in [1.54, 1.807) is 6.08 Å². The zero-order valence-corrected chi connectivity index (χ0v) is 14.5. The number of nitrogens with zero attached hydrogens (tertiary/aromatic N) is 2. The molecule has 0 saturated carbocycles. The van der Waals surface area contributed by atoms with E-state index < -0.39 is 0 Å². The second kappa shape index (κ2) is 7.42. The molecule has 2 aliphatic heterocycles. The Morgan fingerprint density at radius 1 is 1.18 bits per heavy atom. The first-order valence-electron chi connectivity index (χ1n) is 8.19. The van der Waals surface area contributed by atoms with Crippen molar-refractivity contribution in [2.75, 3.05) is 26.2 Å². The van der Waals surface area contributed by atoms with Crippen LogP contribution in [0, 0.1) is 0 Å². The summed E-state index contributed by atoms with van der Waals surface area (Å²) in [5.74, 6) is 0.0688. The third-order valence-corrected chi connectivity index (χ3v) is 5.34. The molecule has 4 heteroatoms. The molecule has 3 rings (SSSR count). The highest BCUT2D eigenvalue weighted by atomic mass is 79.9. The summed E-state index contributed by atoms with van der Waals surface area (Å²) in [6.45, 7) is 4.69. The van der Waals surface area contributed by atoms with Crippen molar-refractivity contribution in [2.24, 2.45) is 0 Å². The van der Waals surface area contributed by atoms with Crippen molar-refractivity contribution in [1.82, 2.24) is 9.80 Å². The minimum absolute atomic E-state index is 0.0688. The van der Waals surface area contributed by atoms with Gasteiger partial charge in [0.25, 0.3) is 0 Å². The summed E-state index contributed by atoms with van der Waals surface area (Å²) in [4.78, 5) is 17.2. The largest absolute Gasteiger partial charge is 0.373 e. The van der Waals surface area contributed by atoms with E-state index in [2.05, 4.69) is 25.7 Å². The van der Waals surface area contributed by atoms with Crippen LogP contribution in [0.25, 0.3) is 0 Å². The highest BCUT2D eigenvalue weighted by Gasteiger charge is 2.25. The predicted molar refractivity (Wildman–Crippen MR) is 93.0 cm³/mol. The van der Waals surface area contributed by atoms with E-state index >= 15 is 0 Å². The second-order valence-corrected chi connectivity index (χ2v) is 7.06. The lowest BCUT2D eigenvalue weighted by atomic mass is 10.1. The molecule has 22 heavy (non-hydrogen) atoms. The molecule has 0 aromatic heterocycles. The van der Waals surface area contributed by atoms with Crippen molar-refractivity contribution < 1.29 is 4.79 Å². The van der Waals surface area contributed by atoms with Gasteiger partial charge in [-0.2, -0.15) is 0 Å². The Bertz CT molecular complexity index is 552. The summed E-state index contributed by atoms with van der Waals surface area (Å²) in [7, 11) is 0. The minimum Gasteiger partial charge on any atom is -0.373 e. The number of carbonyl (C=O) groups excluding carboxylic acids is 1. The number of allylic oxidation sites excluding steroid dienone is 1. The number of halogens is 1. The molecule has 0 amide bonds. The molecule has 0 spiro atoms. The Kier molecular flexibility index (Phi) is 5.32. The summed E-state index contributed by atoms with van der Waals surface area (Å²) >= 11 is 3.45. The van der Waals surface area contributed by atoms with Crippen LogP contribution in [0.15, 0.2) is 41.0 Å². The van der Waals surface area contributed by atoms with Gasteiger partial charge in [0, 0.05) is 41.4 Å². The minimum atomic E-state index is 0.0688. The van der Waals surface area contributed by atoms with E-state index in [-0.39, 0.29) is 5.78 Å². The number of benzene rings is 1. The first-order valence-corrected chi connectivity index (χ1v) is 8.98. The van der Waals surface area contributed by atoms with Crippen molar-refractivity contribution in [3.8, 4) is 0 Å². The van der Waals surface area contributed by atoms with Crippen LogP contribution in [0.3, 0.4) is 0 Å². The maximum Gasteiger partial charge on any atom is 0.188 e. The van der Waals surface area contributed by atoms with Gasteiger partial charge >= 0.3 is 0 Å². The Morgan fingerprint density at radius 2 is 1.95 bits per heavy atom. The van der Waals surface area contributed by atoms with Gasteiger partial charge in [0.1, 0.15) is 0 Å². The molecular weight excluding hydrogens is 340 g/mol. The molecule has 1 atom stereocenters. The van der Waals surface area contributed by atoms with E-state index in [0.29, 0.717) is 6.04 Å². The second-order valence-electron chi connectivity index (χ2n) is 6.20. The van der Waals surface area contributed by atoms with E-state index in [9.17, 15) is 4.79 Å². The Hall–Kier alpha value is -1.13. The average molecular weight is 363 g/mol. The number of hydrogen-bond acceptors (Lipinski definition) is 3. The molecule has 0 bridgehead atoms. The number of rotatable bonds is 5. The average Bonchev–Trinajstić information content (AvgIpc) is 3.18. The van der Waals surface area contributed by atoms with Gasteiger partial charge in [-0.3, -0.25) is 4.79 Å². The zero-order valence-electron chi connectivity index (χ0n) is 12.9. The van der Waals surface area contributed by atoms with Crippen LogP contribution in [0.1, 0.15) is 36.0 Å². The summed E-state index contributed by atoms with van der Waals surface area (Å²) in [5, 5.41) is 0. The lowest BCUT2D eigenvalue weighted by molar-refractivity contribution is 0.104. The lowest BCUT2D eigenvalue weighted by Crippen LogP contribution is -2.36. The molecule has 0 radical (unpaired) electrons. The van der Waals surface area contributed by atoms with Gasteiger partial charge in [-0.05, 0) is 50.9 Å². The fraction of sp³-hybridized carbons (Fsp3) is 0.500. The fourth-order valence-corrected chi connectivity index (χ4v) is 3.91. The molecule has 1 aromatic carbocycles. The first-order chi connectivity index (χ1) is 10.7. The smallest absolute Gasteiger partial charge is 0.188 e. The molecule has 0 aliphatic carbocycles. The molecule has 0 N–H and O–H groups in total. The molecule has 2 saturated heterocycles. The normalized spacial score (nSPS) is 22.8. The van der Waals surface area contributed by atoms with E-state index in [0.717, 1.165) is 23.1 Å². The number of carbonyl (C=O) groups is 1. The Balaban J connectivity index is 1.61. The maximum absolute atomic E-state index is 12.3. The molecule has 3 nitrogen and oxygen atoms in total. The van der Waals surface area contributed by atoms with Crippen LogP contribution in [0.5, 0.6) is 0 Å². The molecule has 118 valence electrons. The van der Waals surface area contributed by atoms with Crippen LogP contribution < -0.4 is 0 Å². The Labute approximate surface area is 141 Å². The third kappa shape index (κ3) is 3.79. The zero-order chi connectivity index (χ0) is 15.4. The van der Waals surface area contributed by atoms with Gasteiger partial charge in [0.2, 0.25) is 0 Å². The van der Waals surface area contributed by atoms with Crippen molar-refractivity contribution in [3.05, 3.63) is 46.6 Å². The van der Waals surface area contributed by atoms with Gasteiger partial charge in [-0.15, -0.1) is 0 Å². The van der Waals surface area contributed by atoms with E-state index in [4.69, 9.17) is 0 Å². The molecule has 2 aliphatic rings. The standard InChI is InChI=1S/C18H23BrN2O/c19-17-8-2-1-7-16(17)18(22)9-13-21-12-5-6-15(21)14-20-10-3-4-11-20/h1-2,7-9,13,15H,3-6,10-12,14H2/t15-/m0/s1. The summed E-state index contributed by atoms with van der Waals surface area (Å²) in [5.41, 5.74) is 0.731. The number of ketones is 1. The fourth-order valence-electron chi connectivity index (χ4n) is 3.43. The molecule has 2 fully saturated rings. The first kappa shape index (κ1) is 15.8. The molecular formula is C18H23BrN2O. The van der Waals surface area contributed by atoms with Crippen molar-refractivity contribution in [3.63, 3.8) is 0 Å².